The van der Waals surface area contributed by atoms with E-state index in [0.29, 0.717) is 27.9 Å². The molecule has 5 N–H and O–H groups in total. The number of rotatable bonds is 14. The standard InChI is InChI=1S/C40H44ClF3N8O4/c1-38(2,23-46-33(54)34(55)47-30-16-8-26(9-17-30)25-6-4-3-5-7-25)22-45-32(53)27-10-18-31(19-11-27)48-35-49-36(51-37(50-35)56-24-40(42,43)44)52-39(20-21-39)28-12-14-29(41)15-13-28/h8-19,25H,3-7,20-24H2,1-2H3,(H,45,53)(H,46,54)(H,47,55)(H2,48,49,50,51,52). The summed E-state index contributed by atoms with van der Waals surface area (Å²) in [7, 11) is 0. The van der Waals surface area contributed by atoms with Gasteiger partial charge in [0.15, 0.2) is 6.61 Å². The fourth-order valence-corrected chi connectivity index (χ4v) is 6.58. The van der Waals surface area contributed by atoms with Crippen LogP contribution in [0.1, 0.15) is 86.2 Å². The lowest BCUT2D eigenvalue weighted by Gasteiger charge is -2.25. The second kappa shape index (κ2) is 17.1. The van der Waals surface area contributed by atoms with Gasteiger partial charge in [-0.3, -0.25) is 14.4 Å². The molecule has 3 amide bonds. The van der Waals surface area contributed by atoms with Gasteiger partial charge >= 0.3 is 24.0 Å². The molecule has 0 bridgehead atoms. The summed E-state index contributed by atoms with van der Waals surface area (Å²) in [5.41, 5.74) is 2.37. The first-order valence-electron chi connectivity index (χ1n) is 18.5. The zero-order chi connectivity index (χ0) is 39.9. The van der Waals surface area contributed by atoms with E-state index in [-0.39, 0.29) is 30.9 Å². The summed E-state index contributed by atoms with van der Waals surface area (Å²) < 4.78 is 43.8. The largest absolute Gasteiger partial charge is 0.454 e. The minimum absolute atomic E-state index is 0.0157. The molecule has 4 aromatic rings. The van der Waals surface area contributed by atoms with E-state index in [4.69, 9.17) is 16.3 Å². The van der Waals surface area contributed by atoms with Gasteiger partial charge in [0, 0.05) is 35.1 Å². The molecule has 1 aromatic heterocycles. The first-order chi connectivity index (χ1) is 26.7. The smallest absolute Gasteiger partial charge is 0.422 e. The number of halogens is 4. The van der Waals surface area contributed by atoms with Crippen LogP contribution in [0.5, 0.6) is 6.01 Å². The molecule has 2 aliphatic rings. The van der Waals surface area contributed by atoms with Crippen LogP contribution in [0.3, 0.4) is 0 Å². The first-order valence-corrected chi connectivity index (χ1v) is 18.9. The minimum Gasteiger partial charge on any atom is -0.454 e. The van der Waals surface area contributed by atoms with Crippen LogP contribution in [-0.2, 0) is 15.1 Å². The van der Waals surface area contributed by atoms with E-state index >= 15 is 0 Å². The number of aromatic nitrogens is 3. The van der Waals surface area contributed by atoms with Crippen molar-refractivity contribution in [3.05, 3.63) is 94.5 Å². The number of anilines is 4. The quantitative estimate of drug-likeness (QED) is 0.0802. The summed E-state index contributed by atoms with van der Waals surface area (Å²) in [6, 6.07) is 20.6. The summed E-state index contributed by atoms with van der Waals surface area (Å²) in [6.07, 6.45) is 2.94. The van der Waals surface area contributed by atoms with Gasteiger partial charge in [-0.05, 0) is 96.7 Å². The Morgan fingerprint density at radius 1 is 0.786 bits per heavy atom. The number of amides is 3. The number of ether oxygens (including phenoxy) is 1. The van der Waals surface area contributed by atoms with Gasteiger partial charge in [0.05, 0.1) is 5.54 Å². The Kier molecular flexibility index (Phi) is 12.3. The van der Waals surface area contributed by atoms with Crippen molar-refractivity contribution in [3.8, 4) is 6.01 Å². The molecule has 6 rings (SSSR count). The molecule has 0 spiro atoms. The Morgan fingerprint density at radius 3 is 2.05 bits per heavy atom. The lowest BCUT2D eigenvalue weighted by Crippen LogP contribution is -2.44. The predicted molar refractivity (Wildman–Crippen MR) is 207 cm³/mol. The van der Waals surface area contributed by atoms with Crippen LogP contribution in [0.15, 0.2) is 72.8 Å². The second-order valence-electron chi connectivity index (χ2n) is 15.0. The summed E-state index contributed by atoms with van der Waals surface area (Å²) in [4.78, 5) is 50.6. The highest BCUT2D eigenvalue weighted by Crippen LogP contribution is 2.48. The van der Waals surface area contributed by atoms with Crippen molar-refractivity contribution in [1.82, 2.24) is 25.6 Å². The van der Waals surface area contributed by atoms with Gasteiger partial charge in [-0.2, -0.15) is 28.1 Å². The Morgan fingerprint density at radius 2 is 1.41 bits per heavy atom. The van der Waals surface area contributed by atoms with Crippen LogP contribution in [0, 0.1) is 5.41 Å². The maximum absolute atomic E-state index is 13.0. The summed E-state index contributed by atoms with van der Waals surface area (Å²) in [5.74, 6) is -1.45. The Hall–Kier alpha value is -5.44. The van der Waals surface area contributed by atoms with Crippen LogP contribution in [0.2, 0.25) is 5.02 Å². The third kappa shape index (κ3) is 11.3. The van der Waals surface area contributed by atoms with Crippen molar-refractivity contribution in [2.45, 2.75) is 76.4 Å². The summed E-state index contributed by atoms with van der Waals surface area (Å²) in [5, 5.41) is 14.9. The lowest BCUT2D eigenvalue weighted by molar-refractivity contribution is -0.154. The molecule has 2 saturated carbocycles. The van der Waals surface area contributed by atoms with Gasteiger partial charge < -0.3 is 31.3 Å². The molecule has 2 aliphatic carbocycles. The highest BCUT2D eigenvalue weighted by molar-refractivity contribution is 6.39. The Balaban J connectivity index is 1.00. The van der Waals surface area contributed by atoms with Gasteiger partial charge in [-0.25, -0.2) is 0 Å². The number of carbonyl (C=O) groups excluding carboxylic acids is 3. The van der Waals surface area contributed by atoms with Crippen molar-refractivity contribution in [1.29, 1.82) is 0 Å². The molecule has 2 fully saturated rings. The molecule has 16 heteroatoms. The molecular formula is C40H44ClF3N8O4. The van der Waals surface area contributed by atoms with Crippen LogP contribution in [0.4, 0.5) is 36.4 Å². The van der Waals surface area contributed by atoms with Gasteiger partial charge in [0.1, 0.15) is 0 Å². The van der Waals surface area contributed by atoms with E-state index < -0.39 is 41.6 Å². The number of nitrogens with zero attached hydrogens (tertiary/aromatic N) is 3. The molecule has 12 nitrogen and oxygen atoms in total. The van der Waals surface area contributed by atoms with Crippen LogP contribution in [0.25, 0.3) is 0 Å². The zero-order valence-electron chi connectivity index (χ0n) is 31.1. The van der Waals surface area contributed by atoms with Crippen LogP contribution in [-0.4, -0.2) is 58.5 Å². The monoisotopic (exact) mass is 792 g/mol. The molecule has 296 valence electrons. The molecule has 0 saturated heterocycles. The second-order valence-corrected chi connectivity index (χ2v) is 15.5. The molecule has 3 aromatic carbocycles. The molecule has 0 radical (unpaired) electrons. The van der Waals surface area contributed by atoms with E-state index in [0.717, 1.165) is 18.4 Å². The van der Waals surface area contributed by atoms with Crippen molar-refractivity contribution in [2.75, 3.05) is 35.6 Å². The first kappa shape index (κ1) is 40.2. The molecule has 0 unspecified atom stereocenters. The summed E-state index contributed by atoms with van der Waals surface area (Å²) >= 11 is 6.04. The predicted octanol–water partition coefficient (Wildman–Crippen LogP) is 7.87. The summed E-state index contributed by atoms with van der Waals surface area (Å²) in [6.45, 7) is 2.41. The average molecular weight is 793 g/mol. The van der Waals surface area contributed by atoms with Crippen molar-refractivity contribution >= 4 is 52.6 Å². The normalized spacial score (nSPS) is 15.3. The molecular weight excluding hydrogens is 749 g/mol. The van der Waals surface area contributed by atoms with Gasteiger partial charge in [0.25, 0.3) is 5.91 Å². The highest BCUT2D eigenvalue weighted by atomic mass is 35.5. The third-order valence-corrected chi connectivity index (χ3v) is 10.0. The SMILES string of the molecule is CC(C)(CNC(=O)C(=O)Nc1ccc(C2CCCCC2)cc1)CNC(=O)c1ccc(Nc2nc(NC3(c4ccc(Cl)cc4)CC3)nc(OCC(F)(F)F)n2)cc1. The maximum atomic E-state index is 13.0. The van der Waals surface area contributed by atoms with Gasteiger partial charge in [-0.15, -0.1) is 0 Å². The maximum Gasteiger partial charge on any atom is 0.422 e. The van der Waals surface area contributed by atoms with Crippen molar-refractivity contribution in [3.63, 3.8) is 0 Å². The van der Waals surface area contributed by atoms with Crippen LogP contribution >= 0.6 is 11.6 Å². The number of carbonyl (C=O) groups is 3. The van der Waals surface area contributed by atoms with Crippen molar-refractivity contribution < 1.29 is 32.3 Å². The van der Waals surface area contributed by atoms with Gasteiger partial charge in [0.2, 0.25) is 11.9 Å². The molecule has 0 aliphatic heterocycles. The number of alkyl halides is 3. The van der Waals surface area contributed by atoms with E-state index in [2.05, 4.69) is 41.5 Å². The fraction of sp³-hybridized carbons (Fsp3) is 0.400. The number of benzene rings is 3. The molecule has 56 heavy (non-hydrogen) atoms. The zero-order valence-corrected chi connectivity index (χ0v) is 31.8. The van der Waals surface area contributed by atoms with E-state index in [9.17, 15) is 27.6 Å². The minimum atomic E-state index is -4.61. The number of hydrogen-bond acceptors (Lipinski definition) is 9. The van der Waals surface area contributed by atoms with Gasteiger partial charge in [-0.1, -0.05) is 69.0 Å². The van der Waals surface area contributed by atoms with Crippen molar-refractivity contribution in [2.24, 2.45) is 5.41 Å². The topological polar surface area (TPSA) is 159 Å². The molecule has 0 atom stereocenters. The van der Waals surface area contributed by atoms with E-state index in [1.54, 1.807) is 36.4 Å². The molecule has 1 heterocycles. The Labute approximate surface area is 327 Å². The van der Waals surface area contributed by atoms with Crippen LogP contribution < -0.4 is 31.3 Å². The highest BCUT2D eigenvalue weighted by Gasteiger charge is 2.45. The Bertz CT molecular complexity index is 2000. The van der Waals surface area contributed by atoms with E-state index in [1.165, 1.54) is 37.7 Å². The van der Waals surface area contributed by atoms with E-state index in [1.807, 2.05) is 50.2 Å². The number of nitrogens with one attached hydrogen (secondary N) is 5. The third-order valence-electron chi connectivity index (χ3n) is 9.79. The number of hydrogen-bond donors (Lipinski definition) is 5. The fourth-order valence-electron chi connectivity index (χ4n) is 6.45. The average Bonchev–Trinajstić information content (AvgIpc) is 3.96. The lowest BCUT2D eigenvalue weighted by atomic mass is 9.84.